The fraction of sp³-hybridized carbons (Fsp3) is 0.167. The lowest BCUT2D eigenvalue weighted by molar-refractivity contribution is -0.116. The molecule has 3 rings (SSSR count). The van der Waals surface area contributed by atoms with E-state index in [2.05, 4.69) is 15.6 Å². The number of carbonyl (C=O) groups is 2. The Morgan fingerprint density at radius 3 is 2.74 bits per heavy atom. The van der Waals surface area contributed by atoms with Crippen molar-refractivity contribution in [2.75, 3.05) is 11.9 Å². The van der Waals surface area contributed by atoms with Gasteiger partial charge in [0.1, 0.15) is 0 Å². The Balaban J connectivity index is 1.46. The third-order valence-corrected chi connectivity index (χ3v) is 5.60. The van der Waals surface area contributed by atoms with Gasteiger partial charge in [-0.2, -0.15) is 11.3 Å². The number of hydrogen-bond acceptors (Lipinski definition) is 5. The maximum absolute atomic E-state index is 12.0. The van der Waals surface area contributed by atoms with Crippen LogP contribution in [0.4, 0.5) is 5.13 Å². The van der Waals surface area contributed by atoms with Crippen LogP contribution in [-0.2, 0) is 4.79 Å². The quantitative estimate of drug-likeness (QED) is 0.488. The van der Waals surface area contributed by atoms with Crippen molar-refractivity contribution in [1.82, 2.24) is 10.3 Å². The Bertz CT molecular complexity index is 942. The highest BCUT2D eigenvalue weighted by atomic mass is 35.5. The first-order valence-corrected chi connectivity index (χ1v) is 10.6. The average Bonchev–Trinajstić information content (AvgIpc) is 3.30. The predicted molar refractivity (Wildman–Crippen MR) is 112 cm³/mol. The molecule has 0 bridgehead atoms. The van der Waals surface area contributed by atoms with Crippen molar-refractivity contribution < 1.29 is 9.59 Å². The molecule has 0 unspecified atom stereocenters. The first-order valence-electron chi connectivity index (χ1n) is 8.04. The number of thiazole rings is 1. The zero-order valence-electron chi connectivity index (χ0n) is 14.0. The van der Waals surface area contributed by atoms with Crippen LogP contribution in [0.2, 0.25) is 10.0 Å². The van der Waals surface area contributed by atoms with Gasteiger partial charge in [-0.05, 0) is 36.1 Å². The molecule has 2 heterocycles. The molecule has 5 nitrogen and oxygen atoms in total. The minimum absolute atomic E-state index is 0.124. The minimum Gasteiger partial charge on any atom is -0.352 e. The highest BCUT2D eigenvalue weighted by Crippen LogP contribution is 2.32. The number of nitrogens with zero attached hydrogens (tertiary/aromatic N) is 1. The van der Waals surface area contributed by atoms with Crippen molar-refractivity contribution in [3.8, 4) is 11.3 Å². The Hall–Kier alpha value is -1.93. The molecule has 0 fully saturated rings. The summed E-state index contributed by atoms with van der Waals surface area (Å²) in [5.41, 5.74) is 2.08. The second kappa shape index (κ2) is 9.32. The maximum atomic E-state index is 12.0. The zero-order valence-corrected chi connectivity index (χ0v) is 17.1. The molecule has 0 saturated heterocycles. The first-order chi connectivity index (χ1) is 13.0. The lowest BCUT2D eigenvalue weighted by atomic mass is 10.2. The van der Waals surface area contributed by atoms with Crippen LogP contribution in [0.1, 0.15) is 23.2 Å². The average molecular weight is 440 g/mol. The normalized spacial score (nSPS) is 10.6. The highest BCUT2D eigenvalue weighted by molar-refractivity contribution is 7.14. The maximum Gasteiger partial charge on any atom is 0.252 e. The molecule has 0 aliphatic heterocycles. The Morgan fingerprint density at radius 2 is 2.00 bits per heavy atom. The number of thiophene rings is 1. The molecule has 2 amide bonds. The van der Waals surface area contributed by atoms with Gasteiger partial charge in [0.05, 0.1) is 10.7 Å². The van der Waals surface area contributed by atoms with Gasteiger partial charge in [0, 0.05) is 39.9 Å². The number of nitrogens with one attached hydrogen (secondary N) is 2. The number of benzene rings is 1. The lowest BCUT2D eigenvalue weighted by Gasteiger charge is -2.04. The summed E-state index contributed by atoms with van der Waals surface area (Å²) in [5.74, 6) is -0.274. The van der Waals surface area contributed by atoms with Crippen LogP contribution in [0.5, 0.6) is 0 Å². The van der Waals surface area contributed by atoms with Gasteiger partial charge in [-0.25, -0.2) is 4.98 Å². The summed E-state index contributed by atoms with van der Waals surface area (Å²) in [6.07, 6.45) is 0.837. The number of hydrogen-bond donors (Lipinski definition) is 2. The molecule has 1 aromatic carbocycles. The number of anilines is 1. The molecule has 0 radical (unpaired) electrons. The first kappa shape index (κ1) is 19.8. The Labute approximate surface area is 174 Å². The van der Waals surface area contributed by atoms with Gasteiger partial charge in [0.2, 0.25) is 5.91 Å². The number of aromatic nitrogens is 1. The van der Waals surface area contributed by atoms with E-state index in [0.717, 1.165) is 5.56 Å². The van der Waals surface area contributed by atoms with Gasteiger partial charge >= 0.3 is 0 Å². The van der Waals surface area contributed by atoms with Crippen LogP contribution in [-0.4, -0.2) is 23.3 Å². The smallest absolute Gasteiger partial charge is 0.252 e. The number of halogens is 2. The third kappa shape index (κ3) is 5.52. The largest absolute Gasteiger partial charge is 0.352 e. The van der Waals surface area contributed by atoms with Gasteiger partial charge in [-0.1, -0.05) is 23.2 Å². The molecule has 0 aliphatic carbocycles. The van der Waals surface area contributed by atoms with Crippen LogP contribution in [0.25, 0.3) is 11.3 Å². The fourth-order valence-electron chi connectivity index (χ4n) is 2.28. The van der Waals surface area contributed by atoms with Crippen molar-refractivity contribution in [2.45, 2.75) is 12.8 Å². The minimum atomic E-state index is -0.150. The van der Waals surface area contributed by atoms with Crippen molar-refractivity contribution in [3.05, 3.63) is 56.0 Å². The van der Waals surface area contributed by atoms with E-state index in [-0.39, 0.29) is 11.8 Å². The van der Waals surface area contributed by atoms with E-state index >= 15 is 0 Å². The van der Waals surface area contributed by atoms with Gasteiger partial charge in [0.25, 0.3) is 5.91 Å². The summed E-state index contributed by atoms with van der Waals surface area (Å²) in [6.45, 7) is 0.436. The molecule has 0 saturated carbocycles. The van der Waals surface area contributed by atoms with E-state index in [1.807, 2.05) is 10.8 Å². The summed E-state index contributed by atoms with van der Waals surface area (Å²) in [4.78, 5) is 28.2. The number of carbonyl (C=O) groups excluding carboxylic acids is 2. The summed E-state index contributed by atoms with van der Waals surface area (Å²) >= 11 is 14.9. The summed E-state index contributed by atoms with van der Waals surface area (Å²) in [7, 11) is 0. The van der Waals surface area contributed by atoms with Crippen LogP contribution < -0.4 is 10.6 Å². The Morgan fingerprint density at radius 1 is 1.15 bits per heavy atom. The van der Waals surface area contributed by atoms with Crippen LogP contribution in [0, 0.1) is 0 Å². The second-order valence-electron chi connectivity index (χ2n) is 5.58. The van der Waals surface area contributed by atoms with E-state index in [1.165, 1.54) is 22.7 Å². The molecule has 0 spiro atoms. The van der Waals surface area contributed by atoms with E-state index in [4.69, 9.17) is 23.2 Å². The van der Waals surface area contributed by atoms with E-state index < -0.39 is 0 Å². The molecular weight excluding hydrogens is 425 g/mol. The van der Waals surface area contributed by atoms with Crippen molar-refractivity contribution in [1.29, 1.82) is 0 Å². The van der Waals surface area contributed by atoms with Gasteiger partial charge < -0.3 is 10.6 Å². The standard InChI is InChI=1S/C18H15Cl2N3O2S2/c19-12-3-4-13(14(20)8-12)15-10-27-18(22-15)23-16(24)2-1-6-21-17(25)11-5-7-26-9-11/h3-5,7-10H,1-2,6H2,(H,21,25)(H,22,23,24). The van der Waals surface area contributed by atoms with E-state index in [0.29, 0.717) is 45.8 Å². The third-order valence-electron chi connectivity index (χ3n) is 3.61. The molecule has 9 heteroatoms. The summed E-state index contributed by atoms with van der Waals surface area (Å²) < 4.78 is 0. The van der Waals surface area contributed by atoms with Crippen molar-refractivity contribution in [3.63, 3.8) is 0 Å². The Kier molecular flexibility index (Phi) is 6.84. The van der Waals surface area contributed by atoms with Crippen molar-refractivity contribution >= 4 is 62.8 Å². The van der Waals surface area contributed by atoms with Crippen LogP contribution in [0.15, 0.2) is 40.4 Å². The highest BCUT2D eigenvalue weighted by Gasteiger charge is 2.11. The monoisotopic (exact) mass is 439 g/mol. The lowest BCUT2D eigenvalue weighted by Crippen LogP contribution is -2.25. The molecule has 3 aromatic rings. The van der Waals surface area contributed by atoms with Crippen LogP contribution >= 0.6 is 45.9 Å². The fourth-order valence-corrected chi connectivity index (χ4v) is 4.15. The molecule has 0 aliphatic rings. The van der Waals surface area contributed by atoms with Crippen LogP contribution in [0.3, 0.4) is 0 Å². The molecular formula is C18H15Cl2N3O2S2. The zero-order chi connectivity index (χ0) is 19.2. The van der Waals surface area contributed by atoms with E-state index in [1.54, 1.807) is 29.6 Å². The van der Waals surface area contributed by atoms with Gasteiger partial charge in [-0.15, -0.1) is 11.3 Å². The van der Waals surface area contributed by atoms with Gasteiger partial charge in [0.15, 0.2) is 5.13 Å². The van der Waals surface area contributed by atoms with Gasteiger partial charge in [-0.3, -0.25) is 9.59 Å². The molecule has 2 N–H and O–H groups in total. The number of rotatable bonds is 7. The summed E-state index contributed by atoms with van der Waals surface area (Å²) in [5, 5.41) is 12.6. The molecule has 0 atom stereocenters. The summed E-state index contributed by atoms with van der Waals surface area (Å²) in [6, 6.07) is 6.95. The SMILES string of the molecule is O=C(CCCNC(=O)c1ccsc1)Nc1nc(-c2ccc(Cl)cc2Cl)cs1. The molecule has 27 heavy (non-hydrogen) atoms. The topological polar surface area (TPSA) is 71.1 Å². The predicted octanol–water partition coefficient (Wildman–Crippen LogP) is 5.33. The molecule has 140 valence electrons. The van der Waals surface area contributed by atoms with E-state index in [9.17, 15) is 9.59 Å². The molecule has 2 aromatic heterocycles. The second-order valence-corrected chi connectivity index (χ2v) is 8.06. The number of amides is 2. The van der Waals surface area contributed by atoms with Crippen molar-refractivity contribution in [2.24, 2.45) is 0 Å².